The van der Waals surface area contributed by atoms with Gasteiger partial charge in [-0.25, -0.2) is 4.39 Å². The van der Waals surface area contributed by atoms with Crippen LogP contribution in [-0.4, -0.2) is 12.4 Å². The van der Waals surface area contributed by atoms with Crippen LogP contribution in [0.4, 0.5) is 4.39 Å². The number of ketones is 1. The molecule has 0 aromatic heterocycles. The zero-order chi connectivity index (χ0) is 10.8. The monoisotopic (exact) mass is 226 g/mol. The molecule has 1 aliphatic heterocycles. The lowest BCUT2D eigenvalue weighted by atomic mass is 10.1. The molecule has 0 unspecified atom stereocenters. The molecule has 1 aliphatic rings. The predicted octanol–water partition coefficient (Wildman–Crippen LogP) is 2.97. The highest BCUT2D eigenvalue weighted by Crippen LogP contribution is 2.22. The Morgan fingerprint density at radius 2 is 2.27 bits per heavy atom. The Hall–Kier alpha value is -1.35. The van der Waals surface area contributed by atoms with Crippen molar-refractivity contribution >= 4 is 17.4 Å². The molecule has 1 heterocycles. The van der Waals surface area contributed by atoms with E-state index in [1.54, 1.807) is 6.08 Å². The van der Waals surface area contributed by atoms with Crippen LogP contribution in [0.2, 0.25) is 5.02 Å². The van der Waals surface area contributed by atoms with Crippen molar-refractivity contribution in [3.05, 3.63) is 46.4 Å². The van der Waals surface area contributed by atoms with Gasteiger partial charge in [-0.3, -0.25) is 4.79 Å². The number of Topliss-reactive ketones (excluding diaryl/α,β-unsaturated/α-hetero) is 1. The van der Waals surface area contributed by atoms with Crippen molar-refractivity contribution in [3.63, 3.8) is 0 Å². The van der Waals surface area contributed by atoms with Crippen molar-refractivity contribution in [1.82, 2.24) is 0 Å². The number of hydrogen-bond acceptors (Lipinski definition) is 2. The molecule has 2 rings (SSSR count). The zero-order valence-electron chi connectivity index (χ0n) is 7.80. The lowest BCUT2D eigenvalue weighted by molar-refractivity contribution is 0.0938. The van der Waals surface area contributed by atoms with E-state index in [1.807, 2.05) is 0 Å². The number of ether oxygens (including phenoxy) is 1. The SMILES string of the molecule is O=C(C1=CCCO1)c1cccc(Cl)c1F. The summed E-state index contributed by atoms with van der Waals surface area (Å²) in [4.78, 5) is 11.7. The Morgan fingerprint density at radius 3 is 2.93 bits per heavy atom. The smallest absolute Gasteiger partial charge is 0.230 e. The second kappa shape index (κ2) is 4.03. The van der Waals surface area contributed by atoms with Gasteiger partial charge in [-0.2, -0.15) is 0 Å². The average Bonchev–Trinajstić information content (AvgIpc) is 2.74. The van der Waals surface area contributed by atoms with Crippen LogP contribution in [0.5, 0.6) is 0 Å². The van der Waals surface area contributed by atoms with Gasteiger partial charge >= 0.3 is 0 Å². The van der Waals surface area contributed by atoms with Crippen molar-refractivity contribution < 1.29 is 13.9 Å². The summed E-state index contributed by atoms with van der Waals surface area (Å²) in [5.41, 5.74) is -0.0457. The van der Waals surface area contributed by atoms with E-state index in [2.05, 4.69) is 0 Å². The summed E-state index contributed by atoms with van der Waals surface area (Å²) in [7, 11) is 0. The Kier molecular flexibility index (Phi) is 2.73. The van der Waals surface area contributed by atoms with Crippen molar-refractivity contribution in [2.75, 3.05) is 6.61 Å². The van der Waals surface area contributed by atoms with Gasteiger partial charge in [0.2, 0.25) is 5.78 Å². The van der Waals surface area contributed by atoms with Crippen LogP contribution in [0.25, 0.3) is 0 Å². The van der Waals surface area contributed by atoms with Crippen molar-refractivity contribution in [3.8, 4) is 0 Å². The number of halogens is 2. The number of hydrogen-bond donors (Lipinski definition) is 0. The first-order valence-electron chi connectivity index (χ1n) is 4.52. The topological polar surface area (TPSA) is 26.3 Å². The van der Waals surface area contributed by atoms with Gasteiger partial charge in [0.05, 0.1) is 17.2 Å². The Balaban J connectivity index is 2.37. The van der Waals surface area contributed by atoms with Crippen molar-refractivity contribution in [1.29, 1.82) is 0 Å². The van der Waals surface area contributed by atoms with Gasteiger partial charge in [0, 0.05) is 6.42 Å². The molecule has 2 nitrogen and oxygen atoms in total. The van der Waals surface area contributed by atoms with Crippen LogP contribution in [0.15, 0.2) is 30.0 Å². The largest absolute Gasteiger partial charge is 0.489 e. The summed E-state index contributed by atoms with van der Waals surface area (Å²) in [6.45, 7) is 0.475. The highest BCUT2D eigenvalue weighted by atomic mass is 35.5. The van der Waals surface area contributed by atoms with E-state index in [9.17, 15) is 9.18 Å². The predicted molar refractivity (Wildman–Crippen MR) is 54.4 cm³/mol. The Bertz CT molecular complexity index is 440. The van der Waals surface area contributed by atoms with Crippen molar-refractivity contribution in [2.24, 2.45) is 0 Å². The molecule has 0 saturated carbocycles. The lowest BCUT2D eigenvalue weighted by Crippen LogP contribution is -2.06. The van der Waals surface area contributed by atoms with Crippen LogP contribution < -0.4 is 0 Å². The van der Waals surface area contributed by atoms with Gasteiger partial charge in [0.15, 0.2) is 11.6 Å². The van der Waals surface area contributed by atoms with E-state index in [4.69, 9.17) is 16.3 Å². The van der Waals surface area contributed by atoms with Gasteiger partial charge in [0.1, 0.15) is 0 Å². The van der Waals surface area contributed by atoms with E-state index in [0.29, 0.717) is 13.0 Å². The van der Waals surface area contributed by atoms with E-state index < -0.39 is 11.6 Å². The summed E-state index contributed by atoms with van der Waals surface area (Å²) in [6, 6.07) is 4.33. The zero-order valence-corrected chi connectivity index (χ0v) is 8.55. The van der Waals surface area contributed by atoms with Gasteiger partial charge in [-0.05, 0) is 18.2 Å². The van der Waals surface area contributed by atoms with Gasteiger partial charge in [-0.1, -0.05) is 17.7 Å². The number of allylic oxidation sites excluding steroid dienone is 1. The molecule has 15 heavy (non-hydrogen) atoms. The third kappa shape index (κ3) is 1.88. The molecule has 0 aliphatic carbocycles. The number of carbonyl (C=O) groups is 1. The quantitative estimate of drug-likeness (QED) is 0.725. The molecule has 0 amide bonds. The maximum Gasteiger partial charge on any atom is 0.230 e. The molecule has 0 atom stereocenters. The molecule has 0 fully saturated rings. The first-order valence-corrected chi connectivity index (χ1v) is 4.89. The summed E-state index contributed by atoms with van der Waals surface area (Å²) in [6.07, 6.45) is 2.34. The second-order valence-electron chi connectivity index (χ2n) is 3.14. The Morgan fingerprint density at radius 1 is 1.47 bits per heavy atom. The standard InChI is InChI=1S/C11H8ClFO2/c12-8-4-1-3-7(10(8)13)11(14)9-5-2-6-15-9/h1,3-5H,2,6H2. The third-order valence-electron chi connectivity index (χ3n) is 2.13. The molecule has 0 N–H and O–H groups in total. The minimum atomic E-state index is -0.694. The summed E-state index contributed by atoms with van der Waals surface area (Å²) < 4.78 is 18.5. The first kappa shape index (κ1) is 10.2. The molecule has 0 bridgehead atoms. The normalized spacial score (nSPS) is 14.7. The number of rotatable bonds is 2. The van der Waals surface area contributed by atoms with Gasteiger partial charge in [0.25, 0.3) is 0 Å². The highest BCUT2D eigenvalue weighted by molar-refractivity contribution is 6.31. The maximum absolute atomic E-state index is 13.5. The molecule has 1 aromatic rings. The molecule has 1 aromatic carbocycles. The van der Waals surface area contributed by atoms with Crippen LogP contribution in [0, 0.1) is 5.82 Å². The molecular formula is C11H8ClFO2. The fourth-order valence-corrected chi connectivity index (χ4v) is 1.56. The summed E-state index contributed by atoms with van der Waals surface area (Å²) in [5, 5.41) is -0.0561. The second-order valence-corrected chi connectivity index (χ2v) is 3.54. The lowest BCUT2D eigenvalue weighted by Gasteiger charge is -2.04. The van der Waals surface area contributed by atoms with Crippen LogP contribution in [-0.2, 0) is 4.74 Å². The minimum Gasteiger partial charge on any atom is -0.489 e. The molecule has 0 spiro atoms. The van der Waals surface area contributed by atoms with Crippen LogP contribution in [0.1, 0.15) is 16.8 Å². The van der Waals surface area contributed by atoms with E-state index in [1.165, 1.54) is 18.2 Å². The minimum absolute atomic E-state index is 0.0457. The first-order chi connectivity index (χ1) is 7.20. The summed E-state index contributed by atoms with van der Waals surface area (Å²) >= 11 is 5.58. The van der Waals surface area contributed by atoms with E-state index in [-0.39, 0.29) is 16.3 Å². The number of benzene rings is 1. The molecule has 0 radical (unpaired) electrons. The average molecular weight is 227 g/mol. The summed E-state index contributed by atoms with van der Waals surface area (Å²) in [5.74, 6) is -0.941. The fourth-order valence-electron chi connectivity index (χ4n) is 1.39. The van der Waals surface area contributed by atoms with Gasteiger partial charge < -0.3 is 4.74 Å². The molecule has 78 valence electrons. The van der Waals surface area contributed by atoms with Crippen molar-refractivity contribution in [2.45, 2.75) is 6.42 Å². The molecular weight excluding hydrogens is 219 g/mol. The number of carbonyl (C=O) groups excluding carboxylic acids is 1. The molecule has 4 heteroatoms. The van der Waals surface area contributed by atoms with Crippen LogP contribution >= 0.6 is 11.6 Å². The highest BCUT2D eigenvalue weighted by Gasteiger charge is 2.21. The van der Waals surface area contributed by atoms with E-state index >= 15 is 0 Å². The van der Waals surface area contributed by atoms with Gasteiger partial charge in [-0.15, -0.1) is 0 Å². The maximum atomic E-state index is 13.5. The Labute approximate surface area is 91.3 Å². The molecule has 0 saturated heterocycles. The fraction of sp³-hybridized carbons (Fsp3) is 0.182. The third-order valence-corrected chi connectivity index (χ3v) is 2.42. The van der Waals surface area contributed by atoms with Crippen LogP contribution in [0.3, 0.4) is 0 Å². The van der Waals surface area contributed by atoms with E-state index in [0.717, 1.165) is 0 Å².